The maximum Gasteiger partial charge on any atom is 0.142 e. The summed E-state index contributed by atoms with van der Waals surface area (Å²) in [6, 6.07) is 0. The van der Waals surface area contributed by atoms with E-state index in [1.807, 2.05) is 0 Å². The van der Waals surface area contributed by atoms with Gasteiger partial charge in [0.1, 0.15) is 5.75 Å². The summed E-state index contributed by atoms with van der Waals surface area (Å²) in [5.41, 5.74) is 1.64. The van der Waals surface area contributed by atoms with E-state index in [1.165, 1.54) is 0 Å². The summed E-state index contributed by atoms with van der Waals surface area (Å²) in [5, 5.41) is 27.2. The van der Waals surface area contributed by atoms with Gasteiger partial charge in [0.2, 0.25) is 0 Å². The number of aromatic hydroxyl groups is 1. The predicted octanol–water partition coefficient (Wildman–Crippen LogP) is 0.123. The Morgan fingerprint density at radius 2 is 2.08 bits per heavy atom. The number of rotatable bonds is 3. The van der Waals surface area contributed by atoms with Crippen LogP contribution in [0, 0.1) is 6.92 Å². The molecule has 1 heterocycles. The Morgan fingerprint density at radius 1 is 1.38 bits per heavy atom. The summed E-state index contributed by atoms with van der Waals surface area (Å²) in [5.74, 6) is 0.0217. The Kier molecular flexibility index (Phi) is 3.22. The first kappa shape index (κ1) is 9.95. The average Bonchev–Trinajstić information content (AvgIpc) is 2.12. The van der Waals surface area contributed by atoms with Crippen molar-refractivity contribution < 1.29 is 15.3 Å². The quantitative estimate of drug-likeness (QED) is 0.622. The van der Waals surface area contributed by atoms with Crippen molar-refractivity contribution in [3.63, 3.8) is 0 Å². The number of hydrogen-bond acceptors (Lipinski definition) is 4. The van der Waals surface area contributed by atoms with Crippen molar-refractivity contribution in [3.8, 4) is 5.75 Å². The van der Waals surface area contributed by atoms with E-state index in [4.69, 9.17) is 10.2 Å². The topological polar surface area (TPSA) is 73.6 Å². The molecule has 0 unspecified atom stereocenters. The fourth-order valence-corrected chi connectivity index (χ4v) is 1.20. The first-order valence-electron chi connectivity index (χ1n) is 4.08. The molecule has 1 aromatic rings. The molecule has 0 fully saturated rings. The zero-order valence-electron chi connectivity index (χ0n) is 7.49. The maximum atomic E-state index is 9.50. The number of hydrogen-bond donors (Lipinski definition) is 3. The second-order valence-electron chi connectivity index (χ2n) is 2.83. The summed E-state index contributed by atoms with van der Waals surface area (Å²) in [6.07, 6.45) is 1.97. The minimum absolute atomic E-state index is 0.0167. The van der Waals surface area contributed by atoms with Crippen molar-refractivity contribution in [1.82, 2.24) is 4.98 Å². The van der Waals surface area contributed by atoms with Crippen molar-refractivity contribution in [2.24, 2.45) is 0 Å². The van der Waals surface area contributed by atoms with Gasteiger partial charge >= 0.3 is 0 Å². The second kappa shape index (κ2) is 4.20. The Bertz CT molecular complexity index is 299. The molecule has 0 bridgehead atoms. The third-order valence-electron chi connectivity index (χ3n) is 1.97. The predicted molar refractivity (Wildman–Crippen MR) is 47.4 cm³/mol. The van der Waals surface area contributed by atoms with Crippen molar-refractivity contribution in [3.05, 3.63) is 23.0 Å². The van der Waals surface area contributed by atoms with Gasteiger partial charge in [0.15, 0.2) is 0 Å². The first-order chi connectivity index (χ1) is 6.20. The number of nitrogens with zero attached hydrogens (tertiary/aromatic N) is 1. The minimum atomic E-state index is -0.232. The van der Waals surface area contributed by atoms with Crippen LogP contribution in [0.1, 0.15) is 16.8 Å². The fourth-order valence-electron chi connectivity index (χ4n) is 1.20. The van der Waals surface area contributed by atoms with Crippen LogP contribution in [-0.4, -0.2) is 26.9 Å². The van der Waals surface area contributed by atoms with Crippen LogP contribution in [0.15, 0.2) is 6.20 Å². The van der Waals surface area contributed by atoms with E-state index >= 15 is 0 Å². The molecule has 0 aliphatic heterocycles. The van der Waals surface area contributed by atoms with E-state index in [9.17, 15) is 5.11 Å². The van der Waals surface area contributed by atoms with Crippen LogP contribution in [-0.2, 0) is 13.0 Å². The maximum absolute atomic E-state index is 9.50. The van der Waals surface area contributed by atoms with E-state index in [1.54, 1.807) is 13.1 Å². The van der Waals surface area contributed by atoms with Crippen LogP contribution in [0.2, 0.25) is 0 Å². The van der Waals surface area contributed by atoms with Crippen LogP contribution in [0.3, 0.4) is 0 Å². The molecule has 0 aliphatic rings. The minimum Gasteiger partial charge on any atom is -0.506 e. The van der Waals surface area contributed by atoms with Crippen molar-refractivity contribution >= 4 is 0 Å². The monoisotopic (exact) mass is 183 g/mol. The lowest BCUT2D eigenvalue weighted by Crippen LogP contribution is -2.01. The standard InChI is InChI=1S/C9H13NO3/c1-6-9(13)8(5-12)7(2-3-11)4-10-6/h4,11-13H,2-3,5H2,1H3. The first-order valence-corrected chi connectivity index (χ1v) is 4.08. The number of pyridine rings is 1. The number of aliphatic hydroxyl groups is 2. The van der Waals surface area contributed by atoms with Gasteiger partial charge < -0.3 is 15.3 Å². The lowest BCUT2D eigenvalue weighted by Gasteiger charge is -2.09. The third kappa shape index (κ3) is 1.96. The van der Waals surface area contributed by atoms with Crippen LogP contribution >= 0.6 is 0 Å². The van der Waals surface area contributed by atoms with Crippen LogP contribution in [0.4, 0.5) is 0 Å². The van der Waals surface area contributed by atoms with Gasteiger partial charge in [-0.2, -0.15) is 0 Å². The van der Waals surface area contributed by atoms with Gasteiger partial charge in [-0.1, -0.05) is 0 Å². The van der Waals surface area contributed by atoms with E-state index in [-0.39, 0.29) is 19.0 Å². The molecular formula is C9H13NO3. The molecule has 0 atom stereocenters. The van der Waals surface area contributed by atoms with E-state index in [0.29, 0.717) is 23.2 Å². The van der Waals surface area contributed by atoms with Gasteiger partial charge in [0, 0.05) is 18.4 Å². The molecule has 0 aromatic carbocycles. The SMILES string of the molecule is Cc1ncc(CCO)c(CO)c1O. The molecule has 4 nitrogen and oxygen atoms in total. The third-order valence-corrected chi connectivity index (χ3v) is 1.97. The second-order valence-corrected chi connectivity index (χ2v) is 2.83. The molecule has 3 N–H and O–H groups in total. The number of aryl methyl sites for hydroxylation is 1. The average molecular weight is 183 g/mol. The molecular weight excluding hydrogens is 170 g/mol. The Balaban J connectivity index is 3.13. The highest BCUT2D eigenvalue weighted by Crippen LogP contribution is 2.23. The zero-order valence-corrected chi connectivity index (χ0v) is 7.49. The van der Waals surface area contributed by atoms with E-state index in [2.05, 4.69) is 4.98 Å². The molecule has 1 aromatic heterocycles. The molecule has 0 saturated heterocycles. The normalized spacial score (nSPS) is 10.4. The molecule has 0 spiro atoms. The molecule has 0 aliphatic carbocycles. The number of aromatic nitrogens is 1. The summed E-state index contributed by atoms with van der Waals surface area (Å²) in [4.78, 5) is 3.93. The van der Waals surface area contributed by atoms with Crippen molar-refractivity contribution in [1.29, 1.82) is 0 Å². The van der Waals surface area contributed by atoms with E-state index in [0.717, 1.165) is 0 Å². The smallest absolute Gasteiger partial charge is 0.142 e. The van der Waals surface area contributed by atoms with Crippen molar-refractivity contribution in [2.75, 3.05) is 6.61 Å². The summed E-state index contributed by atoms with van der Waals surface area (Å²) in [7, 11) is 0. The van der Waals surface area contributed by atoms with E-state index < -0.39 is 0 Å². The van der Waals surface area contributed by atoms with Crippen molar-refractivity contribution in [2.45, 2.75) is 20.0 Å². The molecule has 72 valence electrons. The molecule has 13 heavy (non-hydrogen) atoms. The van der Waals surface area contributed by atoms with Gasteiger partial charge in [-0.05, 0) is 18.9 Å². The van der Waals surface area contributed by atoms with Gasteiger partial charge in [0.05, 0.1) is 12.3 Å². The van der Waals surface area contributed by atoms with Crippen LogP contribution in [0.25, 0.3) is 0 Å². The summed E-state index contributed by atoms with van der Waals surface area (Å²) >= 11 is 0. The number of aliphatic hydroxyl groups excluding tert-OH is 2. The van der Waals surface area contributed by atoms with Gasteiger partial charge in [0.25, 0.3) is 0 Å². The Hall–Kier alpha value is -1.13. The molecule has 0 amide bonds. The Morgan fingerprint density at radius 3 is 2.62 bits per heavy atom. The largest absolute Gasteiger partial charge is 0.506 e. The highest BCUT2D eigenvalue weighted by Gasteiger charge is 2.09. The Labute approximate surface area is 76.5 Å². The molecule has 1 rings (SSSR count). The highest BCUT2D eigenvalue weighted by molar-refractivity contribution is 5.40. The fraction of sp³-hybridized carbons (Fsp3) is 0.444. The van der Waals surface area contributed by atoms with Gasteiger partial charge in [-0.15, -0.1) is 0 Å². The lowest BCUT2D eigenvalue weighted by atomic mass is 10.1. The molecule has 0 radical (unpaired) electrons. The van der Waals surface area contributed by atoms with Gasteiger partial charge in [-0.25, -0.2) is 0 Å². The summed E-state index contributed by atoms with van der Waals surface area (Å²) < 4.78 is 0. The zero-order chi connectivity index (χ0) is 9.84. The lowest BCUT2D eigenvalue weighted by molar-refractivity contribution is 0.269. The molecule has 0 saturated carbocycles. The molecule has 4 heteroatoms. The summed E-state index contributed by atoms with van der Waals surface area (Å²) in [6.45, 7) is 1.42. The highest BCUT2D eigenvalue weighted by atomic mass is 16.3. The van der Waals surface area contributed by atoms with Crippen LogP contribution < -0.4 is 0 Å². The van der Waals surface area contributed by atoms with Crippen LogP contribution in [0.5, 0.6) is 5.75 Å². The van der Waals surface area contributed by atoms with Gasteiger partial charge in [-0.3, -0.25) is 4.98 Å².